The monoisotopic (exact) mass is 414 g/mol. The summed E-state index contributed by atoms with van der Waals surface area (Å²) >= 11 is 0. The molecule has 0 spiro atoms. The Labute approximate surface area is 177 Å². The van der Waals surface area contributed by atoms with Gasteiger partial charge in [-0.05, 0) is 37.2 Å². The van der Waals surface area contributed by atoms with Gasteiger partial charge in [0, 0.05) is 24.8 Å². The van der Waals surface area contributed by atoms with E-state index >= 15 is 0 Å². The molecule has 0 saturated carbocycles. The normalized spacial score (nSPS) is 10.3. The lowest BCUT2D eigenvalue weighted by molar-refractivity contribution is 0.0954. The van der Waals surface area contributed by atoms with Crippen LogP contribution in [0.3, 0.4) is 0 Å². The van der Waals surface area contributed by atoms with Crippen LogP contribution in [0.1, 0.15) is 23.7 Å². The Bertz CT molecular complexity index is 912. The Kier molecular flexibility index (Phi) is 8.70. The lowest BCUT2D eigenvalue weighted by Crippen LogP contribution is -2.32. The third-order valence-electron chi connectivity index (χ3n) is 4.34. The fraction of sp³-hybridized carbons (Fsp3) is 0.273. The van der Waals surface area contributed by atoms with Crippen LogP contribution in [-0.4, -0.2) is 42.4 Å². The van der Waals surface area contributed by atoms with E-state index in [0.29, 0.717) is 17.8 Å². The van der Waals surface area contributed by atoms with Gasteiger partial charge in [-0.25, -0.2) is 4.68 Å². The zero-order valence-corrected chi connectivity index (χ0v) is 17.5. The van der Waals surface area contributed by atoms with Crippen molar-refractivity contribution >= 4 is 18.3 Å². The second-order valence-corrected chi connectivity index (χ2v) is 6.41. The van der Waals surface area contributed by atoms with Crippen LogP contribution in [-0.2, 0) is 0 Å². The molecule has 0 aliphatic rings. The molecule has 0 fully saturated rings. The van der Waals surface area contributed by atoms with Gasteiger partial charge in [-0.15, -0.1) is 12.4 Å². The van der Waals surface area contributed by atoms with E-state index < -0.39 is 0 Å². The fourth-order valence-corrected chi connectivity index (χ4v) is 2.90. The Morgan fingerprint density at radius 1 is 1.07 bits per heavy atom. The predicted molar refractivity (Wildman–Crippen MR) is 118 cm³/mol. The topological polar surface area (TPSA) is 68.2 Å². The number of nitrogens with zero attached hydrogens (tertiary/aromatic N) is 2. The van der Waals surface area contributed by atoms with Crippen LogP contribution in [0.2, 0.25) is 0 Å². The molecule has 1 amide bonds. The van der Waals surface area contributed by atoms with Crippen molar-refractivity contribution in [1.29, 1.82) is 0 Å². The number of methoxy groups -OCH3 is 1. The maximum Gasteiger partial charge on any atom is 0.255 e. The van der Waals surface area contributed by atoms with E-state index in [4.69, 9.17) is 4.74 Å². The number of hydrogen-bond donors (Lipinski definition) is 2. The van der Waals surface area contributed by atoms with Gasteiger partial charge in [-0.1, -0.05) is 37.3 Å². The summed E-state index contributed by atoms with van der Waals surface area (Å²) < 4.78 is 7.06. The smallest absolute Gasteiger partial charge is 0.255 e. The number of hydrogen-bond acceptors (Lipinski definition) is 4. The van der Waals surface area contributed by atoms with Crippen LogP contribution >= 0.6 is 12.4 Å². The van der Waals surface area contributed by atoms with Crippen LogP contribution in [0.5, 0.6) is 5.75 Å². The highest BCUT2D eigenvalue weighted by atomic mass is 35.5. The first-order valence-corrected chi connectivity index (χ1v) is 9.51. The quantitative estimate of drug-likeness (QED) is 0.524. The van der Waals surface area contributed by atoms with Gasteiger partial charge in [-0.2, -0.15) is 5.10 Å². The van der Waals surface area contributed by atoms with Gasteiger partial charge >= 0.3 is 0 Å². The molecule has 1 aromatic heterocycles. The molecule has 0 aliphatic carbocycles. The molecule has 1 heterocycles. The van der Waals surface area contributed by atoms with Crippen molar-refractivity contribution in [2.45, 2.75) is 13.3 Å². The number of aromatic nitrogens is 2. The molecule has 0 saturated heterocycles. The van der Waals surface area contributed by atoms with Gasteiger partial charge in [0.15, 0.2) is 0 Å². The molecule has 3 aromatic rings. The number of nitrogens with one attached hydrogen (secondary N) is 2. The van der Waals surface area contributed by atoms with Gasteiger partial charge in [-0.3, -0.25) is 4.79 Å². The summed E-state index contributed by atoms with van der Waals surface area (Å²) in [7, 11) is 1.62. The number of halogens is 1. The van der Waals surface area contributed by atoms with E-state index in [2.05, 4.69) is 22.7 Å². The molecule has 29 heavy (non-hydrogen) atoms. The van der Waals surface area contributed by atoms with Crippen molar-refractivity contribution in [3.8, 4) is 22.7 Å². The van der Waals surface area contributed by atoms with Gasteiger partial charge in [0.05, 0.1) is 18.4 Å². The average Bonchev–Trinajstić information content (AvgIpc) is 3.20. The Morgan fingerprint density at radius 2 is 1.86 bits per heavy atom. The number of carbonyl (C=O) groups excluding carboxylic acids is 1. The van der Waals surface area contributed by atoms with Crippen molar-refractivity contribution in [2.24, 2.45) is 0 Å². The number of ether oxygens (including phenoxy) is 1. The standard InChI is InChI=1S/C22H26N4O2.ClH/c1-3-12-23-13-14-24-22(27)20-16-26(18-9-5-4-6-10-18)25-21(20)17-8-7-11-19(15-17)28-2;/h4-11,15-16,23H,3,12-14H2,1-2H3,(H,24,27);1H. The Hall–Kier alpha value is -2.83. The fourth-order valence-electron chi connectivity index (χ4n) is 2.90. The number of para-hydroxylation sites is 1. The lowest BCUT2D eigenvalue weighted by Gasteiger charge is -2.07. The second kappa shape index (κ2) is 11.2. The molecular formula is C22H27ClN4O2. The van der Waals surface area contributed by atoms with E-state index in [-0.39, 0.29) is 18.3 Å². The molecule has 0 atom stereocenters. The summed E-state index contributed by atoms with van der Waals surface area (Å²) in [6.07, 6.45) is 2.84. The summed E-state index contributed by atoms with van der Waals surface area (Å²) in [6, 6.07) is 17.3. The molecule has 0 unspecified atom stereocenters. The van der Waals surface area contributed by atoms with Gasteiger partial charge < -0.3 is 15.4 Å². The molecule has 2 aromatic carbocycles. The van der Waals surface area contributed by atoms with Crippen LogP contribution in [0.4, 0.5) is 0 Å². The molecule has 0 aliphatic heterocycles. The highest BCUT2D eigenvalue weighted by Gasteiger charge is 2.18. The van der Waals surface area contributed by atoms with Crippen molar-refractivity contribution < 1.29 is 9.53 Å². The highest BCUT2D eigenvalue weighted by Crippen LogP contribution is 2.26. The Balaban J connectivity index is 0.00000300. The molecule has 3 rings (SSSR count). The maximum atomic E-state index is 12.8. The summed E-state index contributed by atoms with van der Waals surface area (Å²) in [4.78, 5) is 12.8. The van der Waals surface area contributed by atoms with Crippen LogP contribution in [0, 0.1) is 0 Å². The molecule has 0 bridgehead atoms. The Morgan fingerprint density at radius 3 is 2.59 bits per heavy atom. The van der Waals surface area contributed by atoms with Gasteiger partial charge in [0.25, 0.3) is 5.91 Å². The third kappa shape index (κ3) is 5.82. The minimum absolute atomic E-state index is 0. The first-order valence-electron chi connectivity index (χ1n) is 9.51. The number of rotatable bonds is 9. The minimum Gasteiger partial charge on any atom is -0.497 e. The van der Waals surface area contributed by atoms with Crippen molar-refractivity contribution in [2.75, 3.05) is 26.7 Å². The largest absolute Gasteiger partial charge is 0.497 e. The van der Waals surface area contributed by atoms with Crippen LogP contribution in [0.15, 0.2) is 60.8 Å². The molecule has 2 N–H and O–H groups in total. The zero-order chi connectivity index (χ0) is 19.8. The van der Waals surface area contributed by atoms with E-state index in [1.807, 2.05) is 54.6 Å². The first kappa shape index (κ1) is 22.5. The number of benzene rings is 2. The number of carbonyl (C=O) groups is 1. The van der Waals surface area contributed by atoms with E-state index in [0.717, 1.165) is 36.5 Å². The van der Waals surface area contributed by atoms with E-state index in [1.165, 1.54) is 0 Å². The van der Waals surface area contributed by atoms with Gasteiger partial charge in [0.2, 0.25) is 0 Å². The molecular weight excluding hydrogens is 388 g/mol. The average molecular weight is 415 g/mol. The number of amides is 1. The zero-order valence-electron chi connectivity index (χ0n) is 16.7. The maximum absolute atomic E-state index is 12.8. The second-order valence-electron chi connectivity index (χ2n) is 6.41. The van der Waals surface area contributed by atoms with Gasteiger partial charge in [0.1, 0.15) is 11.4 Å². The van der Waals surface area contributed by atoms with Crippen molar-refractivity contribution in [3.63, 3.8) is 0 Å². The van der Waals surface area contributed by atoms with Crippen molar-refractivity contribution in [1.82, 2.24) is 20.4 Å². The first-order chi connectivity index (χ1) is 13.7. The predicted octanol–water partition coefficient (Wildman–Crippen LogP) is 3.70. The molecule has 154 valence electrons. The summed E-state index contributed by atoms with van der Waals surface area (Å²) in [5, 5.41) is 10.9. The van der Waals surface area contributed by atoms with Crippen molar-refractivity contribution in [3.05, 3.63) is 66.4 Å². The third-order valence-corrected chi connectivity index (χ3v) is 4.34. The lowest BCUT2D eigenvalue weighted by atomic mass is 10.1. The highest BCUT2D eigenvalue weighted by molar-refractivity contribution is 6.00. The molecule has 0 radical (unpaired) electrons. The van der Waals surface area contributed by atoms with E-state index in [1.54, 1.807) is 18.0 Å². The van der Waals surface area contributed by atoms with Crippen LogP contribution in [0.25, 0.3) is 16.9 Å². The van der Waals surface area contributed by atoms with E-state index in [9.17, 15) is 4.79 Å². The summed E-state index contributed by atoms with van der Waals surface area (Å²) in [5.74, 6) is 0.584. The minimum atomic E-state index is -0.140. The van der Waals surface area contributed by atoms with Crippen LogP contribution < -0.4 is 15.4 Å². The molecule has 6 nitrogen and oxygen atoms in total. The molecule has 7 heteroatoms. The summed E-state index contributed by atoms with van der Waals surface area (Å²) in [6.45, 7) is 4.36. The summed E-state index contributed by atoms with van der Waals surface area (Å²) in [5.41, 5.74) is 2.90. The SMILES string of the molecule is CCCNCCNC(=O)c1cn(-c2ccccc2)nc1-c1cccc(OC)c1.Cl.